The maximum Gasteiger partial charge on any atom is 0.305 e. The van der Waals surface area contributed by atoms with Crippen molar-refractivity contribution in [2.75, 3.05) is 19.0 Å². The van der Waals surface area contributed by atoms with Crippen LogP contribution in [0.1, 0.15) is 38.2 Å². The lowest BCUT2D eigenvalue weighted by Crippen LogP contribution is -2.48. The van der Waals surface area contributed by atoms with Crippen LogP contribution in [0, 0.1) is 0 Å². The molecule has 1 rings (SSSR count). The minimum absolute atomic E-state index is 0.234. The van der Waals surface area contributed by atoms with Gasteiger partial charge in [0.2, 0.25) is 0 Å². The first kappa shape index (κ1) is 20.1. The fraction of sp³-hybridized carbons (Fsp3) is 0.438. The van der Waals surface area contributed by atoms with E-state index in [1.807, 2.05) is 12.1 Å². The Morgan fingerprint density at radius 1 is 1.12 bits per heavy atom. The second-order valence-corrected chi connectivity index (χ2v) is 6.23. The number of methoxy groups -OCH3 is 1. The van der Waals surface area contributed by atoms with Gasteiger partial charge in [0.25, 0.3) is 0 Å². The van der Waals surface area contributed by atoms with Crippen molar-refractivity contribution < 1.29 is 9.53 Å². The van der Waals surface area contributed by atoms with Gasteiger partial charge in [-0.2, -0.15) is 0 Å². The number of ether oxygens (including phenoxy) is 1. The van der Waals surface area contributed by atoms with E-state index in [4.69, 9.17) is 24.4 Å². The van der Waals surface area contributed by atoms with Crippen LogP contribution in [-0.4, -0.2) is 29.8 Å². The molecule has 8 heteroatoms. The van der Waals surface area contributed by atoms with Gasteiger partial charge < -0.3 is 15.4 Å². The van der Waals surface area contributed by atoms with Gasteiger partial charge in [-0.05, 0) is 54.5 Å². The number of carbonyl (C=O) groups is 1. The number of hydrogen-bond acceptors (Lipinski definition) is 4. The molecular weight excluding hydrogens is 344 g/mol. The van der Waals surface area contributed by atoms with Gasteiger partial charge in [0.15, 0.2) is 10.2 Å². The molecule has 1 aromatic rings. The van der Waals surface area contributed by atoms with Crippen LogP contribution in [-0.2, 0) is 9.53 Å². The summed E-state index contributed by atoms with van der Waals surface area (Å²) < 4.78 is 4.56. The van der Waals surface area contributed by atoms with Crippen LogP contribution in [0.3, 0.4) is 0 Å². The lowest BCUT2D eigenvalue weighted by molar-refractivity contribution is -0.140. The Morgan fingerprint density at radius 3 is 2.33 bits per heavy atom. The summed E-state index contributed by atoms with van der Waals surface area (Å²) in [5, 5.41) is 6.84. The summed E-state index contributed by atoms with van der Waals surface area (Å²) in [5.41, 5.74) is 7.76. The van der Waals surface area contributed by atoms with Gasteiger partial charge in [0.05, 0.1) is 7.11 Å². The molecule has 0 aliphatic carbocycles. The lowest BCUT2D eigenvalue weighted by atomic mass is 10.0. The topological polar surface area (TPSA) is 74.4 Å². The van der Waals surface area contributed by atoms with Gasteiger partial charge in [-0.15, -0.1) is 0 Å². The molecule has 6 nitrogen and oxygen atoms in total. The molecule has 24 heavy (non-hydrogen) atoms. The minimum atomic E-state index is -0.234. The van der Waals surface area contributed by atoms with E-state index in [0.29, 0.717) is 35.5 Å². The van der Waals surface area contributed by atoms with Crippen molar-refractivity contribution in [3.8, 4) is 0 Å². The molecule has 0 amide bonds. The van der Waals surface area contributed by atoms with Crippen LogP contribution in [0.4, 0.5) is 5.69 Å². The molecule has 0 saturated heterocycles. The van der Waals surface area contributed by atoms with Crippen LogP contribution in [0.25, 0.3) is 0 Å². The van der Waals surface area contributed by atoms with Crippen LogP contribution in [0.5, 0.6) is 0 Å². The molecule has 4 N–H and O–H groups in total. The number of esters is 1. The SMILES string of the molecule is COC(=O)CCCNC(=S)NNC(=S)Nc1ccc(C(C)C)cc1. The molecule has 1 aromatic carbocycles. The monoisotopic (exact) mass is 368 g/mol. The maximum atomic E-state index is 11.0. The molecular formula is C16H24N4O2S2. The number of nitrogens with one attached hydrogen (secondary N) is 4. The predicted octanol–water partition coefficient (Wildman–Crippen LogP) is 2.43. The molecule has 0 radical (unpaired) electrons. The van der Waals surface area contributed by atoms with Crippen LogP contribution < -0.4 is 21.5 Å². The van der Waals surface area contributed by atoms with Crippen molar-refractivity contribution in [3.63, 3.8) is 0 Å². The Kier molecular flexibility index (Phi) is 9.03. The minimum Gasteiger partial charge on any atom is -0.469 e. The maximum absolute atomic E-state index is 11.0. The highest BCUT2D eigenvalue weighted by atomic mass is 32.1. The number of anilines is 1. The van der Waals surface area contributed by atoms with Crippen molar-refractivity contribution >= 4 is 46.3 Å². The van der Waals surface area contributed by atoms with Gasteiger partial charge in [-0.1, -0.05) is 26.0 Å². The smallest absolute Gasteiger partial charge is 0.305 e. The molecule has 0 fully saturated rings. The number of carbonyl (C=O) groups excluding carboxylic acids is 1. The summed E-state index contributed by atoms with van der Waals surface area (Å²) in [6.45, 7) is 4.87. The van der Waals surface area contributed by atoms with Crippen molar-refractivity contribution in [3.05, 3.63) is 29.8 Å². The zero-order valence-corrected chi connectivity index (χ0v) is 15.8. The molecule has 0 bridgehead atoms. The van der Waals surface area contributed by atoms with Gasteiger partial charge in [-0.3, -0.25) is 15.6 Å². The summed E-state index contributed by atoms with van der Waals surface area (Å²) in [6.07, 6.45) is 0.991. The first-order chi connectivity index (χ1) is 11.4. The largest absolute Gasteiger partial charge is 0.469 e. The highest BCUT2D eigenvalue weighted by Gasteiger charge is 2.02. The number of rotatable bonds is 6. The zero-order chi connectivity index (χ0) is 17.9. The van der Waals surface area contributed by atoms with E-state index in [0.717, 1.165) is 5.69 Å². The second-order valence-electron chi connectivity index (χ2n) is 5.42. The van der Waals surface area contributed by atoms with Gasteiger partial charge >= 0.3 is 5.97 Å². The molecule has 0 aliphatic rings. The molecule has 0 aromatic heterocycles. The Labute approximate surface area is 153 Å². The summed E-state index contributed by atoms with van der Waals surface area (Å²) >= 11 is 10.3. The first-order valence-corrected chi connectivity index (χ1v) is 8.51. The predicted molar refractivity (Wildman–Crippen MR) is 105 cm³/mol. The molecule has 0 aliphatic heterocycles. The van der Waals surface area contributed by atoms with Crippen molar-refractivity contribution in [2.45, 2.75) is 32.6 Å². The zero-order valence-electron chi connectivity index (χ0n) is 14.1. The van der Waals surface area contributed by atoms with Gasteiger partial charge in [0, 0.05) is 18.7 Å². The second kappa shape index (κ2) is 10.8. The number of benzene rings is 1. The number of hydrogen-bond donors (Lipinski definition) is 4. The van der Waals surface area contributed by atoms with E-state index in [9.17, 15) is 4.79 Å². The Bertz CT molecular complexity index is 562. The Morgan fingerprint density at radius 2 is 1.75 bits per heavy atom. The molecule has 132 valence electrons. The van der Waals surface area contributed by atoms with E-state index < -0.39 is 0 Å². The Balaban J connectivity index is 2.23. The summed E-state index contributed by atoms with van der Waals surface area (Å²) in [4.78, 5) is 11.0. The van der Waals surface area contributed by atoms with E-state index in [1.165, 1.54) is 12.7 Å². The molecule has 0 spiro atoms. The summed E-state index contributed by atoms with van der Waals surface area (Å²) in [6, 6.07) is 8.09. The lowest BCUT2D eigenvalue weighted by Gasteiger charge is -2.14. The van der Waals surface area contributed by atoms with E-state index >= 15 is 0 Å². The highest BCUT2D eigenvalue weighted by Crippen LogP contribution is 2.16. The first-order valence-electron chi connectivity index (χ1n) is 7.70. The van der Waals surface area contributed by atoms with Crippen LogP contribution in [0.2, 0.25) is 0 Å². The molecule has 0 atom stereocenters. The van der Waals surface area contributed by atoms with Crippen LogP contribution in [0.15, 0.2) is 24.3 Å². The highest BCUT2D eigenvalue weighted by molar-refractivity contribution is 7.80. The third-order valence-electron chi connectivity index (χ3n) is 3.20. The quantitative estimate of drug-likeness (QED) is 0.264. The fourth-order valence-corrected chi connectivity index (χ4v) is 2.13. The third kappa shape index (κ3) is 8.07. The van der Waals surface area contributed by atoms with E-state index in [-0.39, 0.29) is 5.97 Å². The Hall–Kier alpha value is -1.93. The van der Waals surface area contributed by atoms with Crippen LogP contribution >= 0.6 is 24.4 Å². The average molecular weight is 369 g/mol. The summed E-state index contributed by atoms with van der Waals surface area (Å²) in [5.74, 6) is 0.260. The van der Waals surface area contributed by atoms with Gasteiger partial charge in [-0.25, -0.2) is 0 Å². The third-order valence-corrected chi connectivity index (χ3v) is 3.65. The molecule has 0 unspecified atom stereocenters. The standard InChI is InChI=1S/C16H24N4O2S2/c1-11(2)12-6-8-13(9-7-12)18-16(24)20-19-15(23)17-10-4-5-14(21)22-3/h6-9,11H,4-5,10H2,1-3H3,(H2,17,19,23)(H2,18,20,24). The molecule has 0 heterocycles. The average Bonchev–Trinajstić information content (AvgIpc) is 2.57. The van der Waals surface area contributed by atoms with E-state index in [1.54, 1.807) is 0 Å². The van der Waals surface area contributed by atoms with E-state index in [2.05, 4.69) is 52.2 Å². The van der Waals surface area contributed by atoms with Crippen molar-refractivity contribution in [1.82, 2.24) is 16.2 Å². The number of hydrazine groups is 1. The van der Waals surface area contributed by atoms with Gasteiger partial charge in [0.1, 0.15) is 0 Å². The fourth-order valence-electron chi connectivity index (χ4n) is 1.81. The molecule has 0 saturated carbocycles. The number of thiocarbonyl (C=S) groups is 2. The summed E-state index contributed by atoms with van der Waals surface area (Å²) in [7, 11) is 1.37. The normalized spacial score (nSPS) is 10.0. The van der Waals surface area contributed by atoms with Crippen molar-refractivity contribution in [1.29, 1.82) is 0 Å². The van der Waals surface area contributed by atoms with Crippen molar-refractivity contribution in [2.24, 2.45) is 0 Å².